The summed E-state index contributed by atoms with van der Waals surface area (Å²) in [6.07, 6.45) is -3.89. The van der Waals surface area contributed by atoms with Gasteiger partial charge in [-0.05, 0) is 15.9 Å². The number of amides is 1. The second-order valence-electron chi connectivity index (χ2n) is 2.87. The molecule has 0 saturated heterocycles. The third kappa shape index (κ3) is 3.73. The Bertz CT molecular complexity index is 457. The van der Waals surface area contributed by atoms with Crippen molar-refractivity contribution in [1.29, 1.82) is 0 Å². The van der Waals surface area contributed by atoms with E-state index in [9.17, 15) is 22.8 Å². The molecule has 0 aliphatic carbocycles. The number of rotatable bonds is 3. The van der Waals surface area contributed by atoms with Crippen molar-refractivity contribution >= 4 is 33.6 Å². The number of nitrogens with one attached hydrogen (secondary N) is 1. The van der Waals surface area contributed by atoms with E-state index >= 15 is 0 Å². The van der Waals surface area contributed by atoms with Crippen LogP contribution in [0.25, 0.3) is 0 Å². The number of carbonyl (C=O) groups is 2. The molecule has 1 amide bonds. The van der Waals surface area contributed by atoms with Gasteiger partial charge < -0.3 is 10.4 Å². The van der Waals surface area contributed by atoms with Crippen LogP contribution in [0, 0.1) is 0 Å². The lowest BCUT2D eigenvalue weighted by Gasteiger charge is -2.05. The summed E-state index contributed by atoms with van der Waals surface area (Å²) in [5, 5.41) is 13.4. The van der Waals surface area contributed by atoms with E-state index in [1.165, 1.54) is 5.32 Å². The quantitative estimate of drug-likeness (QED) is 0.878. The van der Waals surface area contributed by atoms with Crippen molar-refractivity contribution in [2.24, 2.45) is 0 Å². The van der Waals surface area contributed by atoms with Gasteiger partial charge in [-0.25, -0.2) is 0 Å². The molecule has 0 spiro atoms. The molecule has 0 radical (unpaired) electrons. The molecule has 0 aromatic carbocycles. The lowest BCUT2D eigenvalue weighted by molar-refractivity contribution is -0.167. The summed E-state index contributed by atoms with van der Waals surface area (Å²) >= 11 is 2.84. The van der Waals surface area contributed by atoms with Crippen LogP contribution in [0.1, 0.15) is 0 Å². The van der Waals surface area contributed by atoms with E-state index in [2.05, 4.69) is 21.0 Å². The van der Waals surface area contributed by atoms with E-state index in [1.807, 2.05) is 0 Å². The van der Waals surface area contributed by atoms with Gasteiger partial charge in [0.1, 0.15) is 6.54 Å². The predicted octanol–water partition coefficient (Wildman–Crippen LogP) is 1.23. The minimum absolute atomic E-state index is 0.0522. The number of carbonyl (C=O) groups excluding carboxylic acids is 1. The van der Waals surface area contributed by atoms with Crippen LogP contribution in [0.3, 0.4) is 0 Å². The first kappa shape index (κ1) is 13.5. The Balaban J connectivity index is 2.82. The van der Waals surface area contributed by atoms with Crippen LogP contribution in [-0.4, -0.2) is 32.9 Å². The standard InChI is InChI=1S/C7H5BrF3N3O3/c8-3-1-14(2-4(15)16)13-5(3)12-6(17)7(9,10)11/h1H,2H2,(H,15,16)(H,12,13,17). The van der Waals surface area contributed by atoms with Crippen molar-refractivity contribution in [2.75, 3.05) is 5.32 Å². The van der Waals surface area contributed by atoms with Crippen LogP contribution in [0.4, 0.5) is 19.0 Å². The van der Waals surface area contributed by atoms with Gasteiger partial charge in [-0.1, -0.05) is 0 Å². The molecule has 0 fully saturated rings. The van der Waals surface area contributed by atoms with Crippen LogP contribution in [0.15, 0.2) is 10.7 Å². The number of aliphatic carboxylic acids is 1. The third-order valence-corrected chi connectivity index (χ3v) is 2.08. The van der Waals surface area contributed by atoms with Gasteiger partial charge in [0.15, 0.2) is 5.82 Å². The molecule has 1 aromatic heterocycles. The Hall–Kier alpha value is -1.58. The number of carboxylic acids is 1. The average Bonchev–Trinajstić information content (AvgIpc) is 2.43. The zero-order chi connectivity index (χ0) is 13.2. The van der Waals surface area contributed by atoms with Crippen molar-refractivity contribution in [3.05, 3.63) is 10.7 Å². The molecule has 1 heterocycles. The van der Waals surface area contributed by atoms with Crippen molar-refractivity contribution < 1.29 is 27.9 Å². The maximum atomic E-state index is 11.9. The maximum absolute atomic E-state index is 11.9. The van der Waals surface area contributed by atoms with Gasteiger partial charge in [0.2, 0.25) is 0 Å². The molecule has 0 aliphatic rings. The van der Waals surface area contributed by atoms with E-state index in [-0.39, 0.29) is 4.47 Å². The summed E-state index contributed by atoms with van der Waals surface area (Å²) < 4.78 is 36.7. The van der Waals surface area contributed by atoms with Crippen molar-refractivity contribution in [1.82, 2.24) is 9.78 Å². The van der Waals surface area contributed by atoms with Gasteiger partial charge in [0.05, 0.1) is 4.47 Å². The Kier molecular flexibility index (Phi) is 3.76. The highest BCUT2D eigenvalue weighted by Gasteiger charge is 2.39. The minimum atomic E-state index is -5.03. The van der Waals surface area contributed by atoms with Crippen molar-refractivity contribution in [3.63, 3.8) is 0 Å². The second-order valence-corrected chi connectivity index (χ2v) is 3.72. The highest BCUT2D eigenvalue weighted by Crippen LogP contribution is 2.23. The SMILES string of the molecule is O=C(O)Cn1cc(Br)c(NC(=O)C(F)(F)F)n1. The van der Waals surface area contributed by atoms with Gasteiger partial charge in [0, 0.05) is 6.20 Å². The zero-order valence-corrected chi connectivity index (χ0v) is 9.54. The fourth-order valence-electron chi connectivity index (χ4n) is 0.880. The van der Waals surface area contributed by atoms with E-state index < -0.39 is 30.4 Å². The van der Waals surface area contributed by atoms with Crippen molar-refractivity contribution in [3.8, 4) is 0 Å². The van der Waals surface area contributed by atoms with Gasteiger partial charge in [0.25, 0.3) is 0 Å². The van der Waals surface area contributed by atoms with E-state index in [0.29, 0.717) is 0 Å². The molecule has 17 heavy (non-hydrogen) atoms. The Morgan fingerprint density at radius 1 is 1.53 bits per heavy atom. The fraction of sp³-hybridized carbons (Fsp3) is 0.286. The fourth-order valence-corrected chi connectivity index (χ4v) is 1.29. The summed E-state index contributed by atoms with van der Waals surface area (Å²) in [5.41, 5.74) is 0. The van der Waals surface area contributed by atoms with E-state index in [1.54, 1.807) is 0 Å². The minimum Gasteiger partial charge on any atom is -0.480 e. The second kappa shape index (κ2) is 4.73. The summed E-state index contributed by atoms with van der Waals surface area (Å²) in [6.45, 7) is -0.527. The molecule has 10 heteroatoms. The average molecular weight is 316 g/mol. The Morgan fingerprint density at radius 2 is 2.12 bits per heavy atom. The molecule has 6 nitrogen and oxygen atoms in total. The topological polar surface area (TPSA) is 84.2 Å². The molecule has 0 aliphatic heterocycles. The number of carboxylic acid groups (broad SMARTS) is 1. The number of nitrogens with zero attached hydrogens (tertiary/aromatic N) is 2. The van der Waals surface area contributed by atoms with E-state index in [0.717, 1.165) is 10.9 Å². The molecule has 0 saturated carbocycles. The Morgan fingerprint density at radius 3 is 2.59 bits per heavy atom. The molecule has 0 atom stereocenters. The van der Waals surface area contributed by atoms with Crippen LogP contribution in [-0.2, 0) is 16.1 Å². The van der Waals surface area contributed by atoms with Crippen LogP contribution in [0.5, 0.6) is 0 Å². The lowest BCUT2D eigenvalue weighted by atomic mass is 10.5. The number of anilines is 1. The first-order valence-electron chi connectivity index (χ1n) is 4.03. The summed E-state index contributed by atoms with van der Waals surface area (Å²) in [6, 6.07) is 0. The first-order valence-corrected chi connectivity index (χ1v) is 4.82. The molecule has 94 valence electrons. The molecular formula is C7H5BrF3N3O3. The molecule has 0 bridgehead atoms. The lowest BCUT2D eigenvalue weighted by Crippen LogP contribution is -2.30. The summed E-state index contributed by atoms with van der Waals surface area (Å²) in [7, 11) is 0. The molecule has 0 unspecified atom stereocenters. The van der Waals surface area contributed by atoms with E-state index in [4.69, 9.17) is 5.11 Å². The number of hydrogen-bond acceptors (Lipinski definition) is 3. The van der Waals surface area contributed by atoms with Crippen molar-refractivity contribution in [2.45, 2.75) is 12.7 Å². The summed E-state index contributed by atoms with van der Waals surface area (Å²) in [5.74, 6) is -3.79. The first-order chi connectivity index (χ1) is 7.70. The van der Waals surface area contributed by atoms with Crippen LogP contribution >= 0.6 is 15.9 Å². The third-order valence-electron chi connectivity index (χ3n) is 1.50. The van der Waals surface area contributed by atoms with Gasteiger partial charge in [-0.3, -0.25) is 14.3 Å². The smallest absolute Gasteiger partial charge is 0.471 e. The monoisotopic (exact) mass is 315 g/mol. The predicted molar refractivity (Wildman–Crippen MR) is 52.2 cm³/mol. The summed E-state index contributed by atoms with van der Waals surface area (Å²) in [4.78, 5) is 20.9. The highest BCUT2D eigenvalue weighted by molar-refractivity contribution is 9.10. The molecule has 1 aromatic rings. The molecule has 2 N–H and O–H groups in total. The number of aromatic nitrogens is 2. The van der Waals surface area contributed by atoms with Crippen LogP contribution < -0.4 is 5.32 Å². The largest absolute Gasteiger partial charge is 0.480 e. The highest BCUT2D eigenvalue weighted by atomic mass is 79.9. The van der Waals surface area contributed by atoms with Gasteiger partial charge >= 0.3 is 18.1 Å². The Labute approximate surface area is 101 Å². The van der Waals surface area contributed by atoms with Gasteiger partial charge in [-0.15, -0.1) is 0 Å². The number of alkyl halides is 3. The number of hydrogen-bond donors (Lipinski definition) is 2. The van der Waals surface area contributed by atoms with Gasteiger partial charge in [-0.2, -0.15) is 18.3 Å². The number of halogens is 4. The molecule has 1 rings (SSSR count). The van der Waals surface area contributed by atoms with Crippen LogP contribution in [0.2, 0.25) is 0 Å². The maximum Gasteiger partial charge on any atom is 0.471 e. The zero-order valence-electron chi connectivity index (χ0n) is 7.95. The normalized spacial score (nSPS) is 11.3. The molecular weight excluding hydrogens is 311 g/mol.